The van der Waals surface area contributed by atoms with Gasteiger partial charge in [-0.3, -0.25) is 14.4 Å². The van der Waals surface area contributed by atoms with Crippen LogP contribution in [0, 0.1) is 18.7 Å². The number of nitrogens with one attached hydrogen (secondary N) is 2. The smallest absolute Gasteiger partial charge is 0.313 e. The molecule has 0 bridgehead atoms. The topological polar surface area (TPSA) is 104 Å². The van der Waals surface area contributed by atoms with Gasteiger partial charge in [0.2, 0.25) is 0 Å². The minimum atomic E-state index is -0.911. The molecular formula is C18H20FN5O3S. The van der Waals surface area contributed by atoms with Crippen molar-refractivity contribution in [3.05, 3.63) is 40.7 Å². The number of hydrogen-bond donors (Lipinski definition) is 2. The molecule has 0 atom stereocenters. The van der Waals surface area contributed by atoms with Gasteiger partial charge in [-0.15, -0.1) is 5.10 Å². The summed E-state index contributed by atoms with van der Waals surface area (Å²) in [6, 6.07) is 5.64. The molecule has 8 nitrogen and oxygen atoms in total. The number of amides is 3. The average molecular weight is 405 g/mol. The van der Waals surface area contributed by atoms with E-state index in [1.54, 1.807) is 17.9 Å². The third-order valence-electron chi connectivity index (χ3n) is 4.63. The van der Waals surface area contributed by atoms with Crippen molar-refractivity contribution in [1.29, 1.82) is 0 Å². The van der Waals surface area contributed by atoms with E-state index in [-0.39, 0.29) is 17.5 Å². The lowest BCUT2D eigenvalue weighted by Gasteiger charge is -2.31. The summed E-state index contributed by atoms with van der Waals surface area (Å²) < 4.78 is 17.3. The van der Waals surface area contributed by atoms with Crippen LogP contribution in [0.25, 0.3) is 0 Å². The lowest BCUT2D eigenvalue weighted by molar-refractivity contribution is -0.136. The van der Waals surface area contributed by atoms with Gasteiger partial charge >= 0.3 is 11.8 Å². The van der Waals surface area contributed by atoms with E-state index in [4.69, 9.17) is 0 Å². The summed E-state index contributed by atoms with van der Waals surface area (Å²) >= 11 is 1.09. The number of benzene rings is 1. The van der Waals surface area contributed by atoms with E-state index in [0.29, 0.717) is 43.0 Å². The average Bonchev–Trinajstić information content (AvgIpc) is 3.13. The van der Waals surface area contributed by atoms with Crippen LogP contribution in [0.15, 0.2) is 24.3 Å². The number of para-hydroxylation sites is 1. The molecule has 2 heterocycles. The number of aryl methyl sites for hydroxylation is 1. The van der Waals surface area contributed by atoms with E-state index in [1.165, 1.54) is 18.2 Å². The highest BCUT2D eigenvalue weighted by atomic mass is 32.1. The molecule has 3 amide bonds. The van der Waals surface area contributed by atoms with Crippen LogP contribution in [0.2, 0.25) is 0 Å². The molecule has 28 heavy (non-hydrogen) atoms. The molecule has 0 radical (unpaired) electrons. The van der Waals surface area contributed by atoms with E-state index in [0.717, 1.165) is 11.5 Å². The first kappa shape index (κ1) is 19.9. The van der Waals surface area contributed by atoms with Gasteiger partial charge in [-0.1, -0.05) is 16.6 Å². The second-order valence-corrected chi connectivity index (χ2v) is 7.32. The zero-order valence-electron chi connectivity index (χ0n) is 15.3. The molecule has 2 aromatic rings. The number of anilines is 1. The summed E-state index contributed by atoms with van der Waals surface area (Å²) in [5.41, 5.74) is 0.590. The van der Waals surface area contributed by atoms with E-state index >= 15 is 0 Å². The van der Waals surface area contributed by atoms with Gasteiger partial charge in [0.05, 0.1) is 11.4 Å². The monoisotopic (exact) mass is 405 g/mol. The first-order valence-corrected chi connectivity index (χ1v) is 9.65. The molecule has 10 heteroatoms. The lowest BCUT2D eigenvalue weighted by Crippen LogP contribution is -2.43. The van der Waals surface area contributed by atoms with Gasteiger partial charge < -0.3 is 15.5 Å². The van der Waals surface area contributed by atoms with Crippen molar-refractivity contribution in [2.45, 2.75) is 19.8 Å². The fourth-order valence-corrected chi connectivity index (χ4v) is 3.60. The first-order chi connectivity index (χ1) is 13.5. The predicted molar refractivity (Wildman–Crippen MR) is 101 cm³/mol. The Labute approximate surface area is 165 Å². The van der Waals surface area contributed by atoms with Gasteiger partial charge in [-0.2, -0.15) is 0 Å². The molecule has 3 rings (SSSR count). The Kier molecular flexibility index (Phi) is 6.30. The largest absolute Gasteiger partial charge is 0.348 e. The number of piperidine rings is 1. The van der Waals surface area contributed by atoms with Crippen LogP contribution in [0.5, 0.6) is 0 Å². The van der Waals surface area contributed by atoms with Crippen molar-refractivity contribution in [2.24, 2.45) is 5.92 Å². The van der Waals surface area contributed by atoms with E-state index in [2.05, 4.69) is 20.2 Å². The fraction of sp³-hybridized carbons (Fsp3) is 0.389. The fourth-order valence-electron chi connectivity index (χ4n) is 2.97. The van der Waals surface area contributed by atoms with Gasteiger partial charge in [0.15, 0.2) is 0 Å². The minimum absolute atomic E-state index is 0.0395. The van der Waals surface area contributed by atoms with Crippen LogP contribution in [-0.4, -0.2) is 51.8 Å². The number of hydrogen-bond acceptors (Lipinski definition) is 6. The molecular weight excluding hydrogens is 385 g/mol. The highest BCUT2D eigenvalue weighted by Gasteiger charge is 2.26. The third-order valence-corrected chi connectivity index (χ3v) is 5.44. The standard InChI is InChI=1S/C18H20FN5O3S/c1-11-15(28-23-22-11)18(27)24-8-6-12(7-9-24)10-20-16(25)17(26)21-14-5-3-2-4-13(14)19/h2-5,12H,6-10H2,1H3,(H,20,25)(H,21,26). The number of halogens is 1. The van der Waals surface area contributed by atoms with Gasteiger partial charge in [-0.25, -0.2) is 4.39 Å². The van der Waals surface area contributed by atoms with E-state index in [1.807, 2.05) is 0 Å². The van der Waals surface area contributed by atoms with Crippen molar-refractivity contribution in [3.8, 4) is 0 Å². The van der Waals surface area contributed by atoms with E-state index in [9.17, 15) is 18.8 Å². The highest BCUT2D eigenvalue weighted by molar-refractivity contribution is 7.07. The number of carbonyl (C=O) groups excluding carboxylic acids is 3. The van der Waals surface area contributed by atoms with Crippen molar-refractivity contribution in [3.63, 3.8) is 0 Å². The Morgan fingerprint density at radius 3 is 2.57 bits per heavy atom. The Morgan fingerprint density at radius 2 is 1.93 bits per heavy atom. The lowest BCUT2D eigenvalue weighted by atomic mass is 9.96. The number of likely N-dealkylation sites (tertiary alicyclic amines) is 1. The Bertz CT molecular complexity index is 880. The second kappa shape index (κ2) is 8.87. The summed E-state index contributed by atoms with van der Waals surface area (Å²) in [7, 11) is 0. The quantitative estimate of drug-likeness (QED) is 0.752. The van der Waals surface area contributed by atoms with Crippen LogP contribution in [0.1, 0.15) is 28.2 Å². The normalized spacial score (nSPS) is 14.6. The number of rotatable bonds is 4. The zero-order valence-corrected chi connectivity index (χ0v) is 16.1. The summed E-state index contributed by atoms with van der Waals surface area (Å²) in [5.74, 6) is -2.24. The number of aromatic nitrogens is 2. The molecule has 1 aromatic heterocycles. The van der Waals surface area contributed by atoms with Crippen LogP contribution in [-0.2, 0) is 9.59 Å². The molecule has 1 fully saturated rings. The number of nitrogens with zero attached hydrogens (tertiary/aromatic N) is 3. The Balaban J connectivity index is 1.43. The molecule has 2 N–H and O–H groups in total. The summed E-state index contributed by atoms with van der Waals surface area (Å²) in [5, 5.41) is 8.69. The molecule has 0 aliphatic carbocycles. The summed E-state index contributed by atoms with van der Waals surface area (Å²) in [4.78, 5) is 38.6. The molecule has 0 saturated carbocycles. The second-order valence-electron chi connectivity index (χ2n) is 6.57. The van der Waals surface area contributed by atoms with Crippen molar-refractivity contribution < 1.29 is 18.8 Å². The summed E-state index contributed by atoms with van der Waals surface area (Å²) in [6.07, 6.45) is 1.43. The molecule has 1 saturated heterocycles. The van der Waals surface area contributed by atoms with Crippen LogP contribution in [0.3, 0.4) is 0 Å². The zero-order chi connectivity index (χ0) is 20.1. The predicted octanol–water partition coefficient (Wildman–Crippen LogP) is 1.59. The van der Waals surface area contributed by atoms with Crippen molar-refractivity contribution in [2.75, 3.05) is 25.0 Å². The van der Waals surface area contributed by atoms with E-state index < -0.39 is 17.6 Å². The Morgan fingerprint density at radius 1 is 1.21 bits per heavy atom. The van der Waals surface area contributed by atoms with Crippen molar-refractivity contribution in [1.82, 2.24) is 19.8 Å². The highest BCUT2D eigenvalue weighted by Crippen LogP contribution is 2.20. The molecule has 0 unspecified atom stereocenters. The molecule has 1 aromatic carbocycles. The van der Waals surface area contributed by atoms with Gasteiger partial charge in [0.1, 0.15) is 10.7 Å². The molecule has 0 spiro atoms. The number of carbonyl (C=O) groups is 3. The summed E-state index contributed by atoms with van der Waals surface area (Å²) in [6.45, 7) is 3.22. The van der Waals surface area contributed by atoms with Crippen LogP contribution >= 0.6 is 11.5 Å². The van der Waals surface area contributed by atoms with Gasteiger partial charge in [0, 0.05) is 19.6 Å². The molecule has 148 valence electrons. The maximum atomic E-state index is 13.5. The molecule has 1 aliphatic heterocycles. The van der Waals surface area contributed by atoms with Gasteiger partial charge in [-0.05, 0) is 49.3 Å². The third kappa shape index (κ3) is 4.69. The van der Waals surface area contributed by atoms with Crippen molar-refractivity contribution >= 4 is 34.9 Å². The maximum Gasteiger partial charge on any atom is 0.313 e. The van der Waals surface area contributed by atoms with Crippen LogP contribution in [0.4, 0.5) is 10.1 Å². The molecule has 1 aliphatic rings. The van der Waals surface area contributed by atoms with Crippen LogP contribution < -0.4 is 10.6 Å². The van der Waals surface area contributed by atoms with Gasteiger partial charge in [0.25, 0.3) is 5.91 Å². The Hall–Kier alpha value is -2.88. The maximum absolute atomic E-state index is 13.5. The minimum Gasteiger partial charge on any atom is -0.348 e. The SMILES string of the molecule is Cc1nnsc1C(=O)N1CCC(CNC(=O)C(=O)Nc2ccccc2F)CC1. The first-order valence-electron chi connectivity index (χ1n) is 8.87.